The summed E-state index contributed by atoms with van der Waals surface area (Å²) in [6, 6.07) is 21.1. The van der Waals surface area contributed by atoms with Gasteiger partial charge >= 0.3 is 0 Å². The molecule has 0 saturated heterocycles. The molecule has 0 saturated carbocycles. The molecule has 0 amide bonds. The smallest absolute Gasteiger partial charge is 0.123 e. The molecule has 2 atom stereocenters. The van der Waals surface area contributed by atoms with Crippen LogP contribution in [0.15, 0.2) is 77.9 Å². The van der Waals surface area contributed by atoms with Crippen LogP contribution < -0.4 is 15.3 Å². The van der Waals surface area contributed by atoms with Gasteiger partial charge in [-0.05, 0) is 85.3 Å². The minimum absolute atomic E-state index is 0.00717. The molecule has 0 aromatic heterocycles. The second kappa shape index (κ2) is 13.9. The third-order valence-electron chi connectivity index (χ3n) is 7.63. The number of nitrogens with zero attached hydrogens (tertiary/aromatic N) is 1. The standard InChI is InChI=1S/C35H40N2O6/c1-5-21-17-27(31(40)19-29(21)38)33(23-9-13-25(14-10-23)42-7-3)35(37-36)34(24-11-15-26(16-12-24)43-8-4)28-18-22(6-2)30(39)20-32(28)41/h9-20,33-34,38-41H,5-8,36H2,1-4H3. The van der Waals surface area contributed by atoms with Gasteiger partial charge in [-0.1, -0.05) is 38.1 Å². The largest absolute Gasteiger partial charge is 0.508 e. The average molecular weight is 585 g/mol. The maximum atomic E-state index is 11.2. The van der Waals surface area contributed by atoms with E-state index >= 15 is 0 Å². The molecule has 43 heavy (non-hydrogen) atoms. The molecule has 0 aliphatic carbocycles. The fraction of sp³-hybridized carbons (Fsp3) is 0.286. The number of hydrazone groups is 1. The highest BCUT2D eigenvalue weighted by Gasteiger charge is 2.34. The Labute approximate surface area is 252 Å². The zero-order valence-corrected chi connectivity index (χ0v) is 25.0. The van der Waals surface area contributed by atoms with Gasteiger partial charge in [0.05, 0.1) is 30.8 Å². The van der Waals surface area contributed by atoms with Gasteiger partial charge in [0.1, 0.15) is 34.5 Å². The van der Waals surface area contributed by atoms with Crippen molar-refractivity contribution in [2.24, 2.45) is 10.9 Å². The number of rotatable bonds is 12. The lowest BCUT2D eigenvalue weighted by Crippen LogP contribution is -2.25. The number of hydrogen-bond donors (Lipinski definition) is 5. The molecule has 2 unspecified atom stereocenters. The number of phenols is 4. The molecule has 0 heterocycles. The van der Waals surface area contributed by atoms with E-state index in [1.807, 2.05) is 76.2 Å². The highest BCUT2D eigenvalue weighted by Crippen LogP contribution is 2.45. The Morgan fingerprint density at radius 3 is 1.28 bits per heavy atom. The van der Waals surface area contributed by atoms with E-state index in [0.717, 1.165) is 11.1 Å². The first kappa shape index (κ1) is 31.1. The molecule has 0 fully saturated rings. The normalized spacial score (nSPS) is 12.4. The summed E-state index contributed by atoms with van der Waals surface area (Å²) in [5, 5.41) is 47.9. The van der Waals surface area contributed by atoms with Crippen LogP contribution >= 0.6 is 0 Å². The zero-order valence-electron chi connectivity index (χ0n) is 25.0. The van der Waals surface area contributed by atoms with Crippen molar-refractivity contribution in [2.75, 3.05) is 13.2 Å². The van der Waals surface area contributed by atoms with Gasteiger partial charge in [0.15, 0.2) is 0 Å². The van der Waals surface area contributed by atoms with E-state index in [1.54, 1.807) is 12.1 Å². The molecule has 8 heteroatoms. The average Bonchev–Trinajstić information content (AvgIpc) is 3.00. The molecule has 0 bridgehead atoms. The second-order valence-corrected chi connectivity index (χ2v) is 10.2. The summed E-state index contributed by atoms with van der Waals surface area (Å²) in [6.07, 6.45) is 1.07. The summed E-state index contributed by atoms with van der Waals surface area (Å²) in [5.41, 5.74) is 4.25. The van der Waals surface area contributed by atoms with Gasteiger partial charge in [-0.25, -0.2) is 0 Å². The van der Waals surface area contributed by atoms with Gasteiger partial charge in [-0.15, -0.1) is 0 Å². The Balaban J connectivity index is 2.02. The summed E-state index contributed by atoms with van der Waals surface area (Å²) in [7, 11) is 0. The molecule has 0 aliphatic rings. The lowest BCUT2D eigenvalue weighted by Gasteiger charge is -2.29. The van der Waals surface area contributed by atoms with Crippen LogP contribution in [-0.4, -0.2) is 39.4 Å². The molecular weight excluding hydrogens is 544 g/mol. The van der Waals surface area contributed by atoms with Crippen LogP contribution in [0, 0.1) is 0 Å². The van der Waals surface area contributed by atoms with Crippen LogP contribution in [0.3, 0.4) is 0 Å². The quantitative estimate of drug-likeness (QED) is 0.0709. The number of nitrogens with two attached hydrogens (primary N) is 1. The van der Waals surface area contributed by atoms with Crippen molar-refractivity contribution in [3.63, 3.8) is 0 Å². The Morgan fingerprint density at radius 2 is 0.977 bits per heavy atom. The molecule has 4 rings (SSSR count). The van der Waals surface area contributed by atoms with E-state index in [0.29, 0.717) is 65.5 Å². The van der Waals surface area contributed by atoms with Crippen molar-refractivity contribution >= 4 is 5.71 Å². The molecule has 4 aromatic carbocycles. The highest BCUT2D eigenvalue weighted by atomic mass is 16.5. The highest BCUT2D eigenvalue weighted by molar-refractivity contribution is 6.02. The van der Waals surface area contributed by atoms with E-state index < -0.39 is 11.8 Å². The molecule has 0 spiro atoms. The van der Waals surface area contributed by atoms with E-state index in [4.69, 9.17) is 15.3 Å². The molecule has 226 valence electrons. The summed E-state index contributed by atoms with van der Waals surface area (Å²) >= 11 is 0. The van der Waals surface area contributed by atoms with Gasteiger partial charge in [0.2, 0.25) is 0 Å². The number of benzene rings is 4. The van der Waals surface area contributed by atoms with Crippen LogP contribution in [0.4, 0.5) is 0 Å². The van der Waals surface area contributed by atoms with E-state index in [2.05, 4.69) is 5.10 Å². The van der Waals surface area contributed by atoms with Crippen molar-refractivity contribution in [2.45, 2.75) is 52.4 Å². The number of aromatic hydroxyl groups is 4. The van der Waals surface area contributed by atoms with Crippen molar-refractivity contribution in [3.05, 3.63) is 106 Å². The van der Waals surface area contributed by atoms with E-state index in [1.165, 1.54) is 12.1 Å². The maximum Gasteiger partial charge on any atom is 0.123 e. The summed E-state index contributed by atoms with van der Waals surface area (Å²) in [6.45, 7) is 8.68. The fourth-order valence-corrected chi connectivity index (χ4v) is 5.49. The van der Waals surface area contributed by atoms with Crippen molar-refractivity contribution in [3.8, 4) is 34.5 Å². The minimum atomic E-state index is -0.693. The third kappa shape index (κ3) is 6.64. The van der Waals surface area contributed by atoms with E-state index in [9.17, 15) is 20.4 Å². The van der Waals surface area contributed by atoms with Crippen LogP contribution in [0.5, 0.6) is 34.5 Å². The minimum Gasteiger partial charge on any atom is -0.508 e. The first-order valence-electron chi connectivity index (χ1n) is 14.6. The number of hydrogen-bond acceptors (Lipinski definition) is 8. The van der Waals surface area contributed by atoms with Crippen LogP contribution in [0.1, 0.15) is 72.9 Å². The lowest BCUT2D eigenvalue weighted by molar-refractivity contribution is 0.340. The second-order valence-electron chi connectivity index (χ2n) is 10.2. The first-order valence-corrected chi connectivity index (χ1v) is 14.6. The summed E-state index contributed by atoms with van der Waals surface area (Å²) in [5.74, 6) is 5.99. The molecule has 0 radical (unpaired) electrons. The number of aryl methyl sites for hydroxylation is 2. The first-order chi connectivity index (χ1) is 20.8. The molecule has 6 N–H and O–H groups in total. The Bertz CT molecular complexity index is 1450. The van der Waals surface area contributed by atoms with Gasteiger partial charge in [-0.2, -0.15) is 5.10 Å². The van der Waals surface area contributed by atoms with Crippen LogP contribution in [0.25, 0.3) is 0 Å². The number of ether oxygens (including phenoxy) is 2. The summed E-state index contributed by atoms with van der Waals surface area (Å²) in [4.78, 5) is 0. The Hall–Kier alpha value is -4.85. The van der Waals surface area contributed by atoms with Crippen molar-refractivity contribution in [1.82, 2.24) is 0 Å². The Kier molecular flexibility index (Phi) is 10.0. The molecule has 0 aliphatic heterocycles. The summed E-state index contributed by atoms with van der Waals surface area (Å²) < 4.78 is 11.3. The zero-order chi connectivity index (χ0) is 31.1. The topological polar surface area (TPSA) is 138 Å². The lowest BCUT2D eigenvalue weighted by atomic mass is 9.75. The van der Waals surface area contributed by atoms with Crippen LogP contribution in [0.2, 0.25) is 0 Å². The predicted molar refractivity (Wildman–Crippen MR) is 169 cm³/mol. The van der Waals surface area contributed by atoms with Gasteiger partial charge in [-0.3, -0.25) is 0 Å². The van der Waals surface area contributed by atoms with Gasteiger partial charge < -0.3 is 35.7 Å². The van der Waals surface area contributed by atoms with Gasteiger partial charge in [0, 0.05) is 23.3 Å². The van der Waals surface area contributed by atoms with Crippen LogP contribution in [-0.2, 0) is 12.8 Å². The fourth-order valence-electron chi connectivity index (χ4n) is 5.49. The third-order valence-corrected chi connectivity index (χ3v) is 7.63. The SMILES string of the molecule is CCOc1ccc(C(C(=NN)C(c2ccc(OCC)cc2)c2cc(CC)c(O)cc2O)c2cc(CC)c(O)cc2O)cc1. The molecule has 4 aromatic rings. The van der Waals surface area contributed by atoms with Crippen molar-refractivity contribution < 1.29 is 29.9 Å². The van der Waals surface area contributed by atoms with E-state index in [-0.39, 0.29) is 23.0 Å². The van der Waals surface area contributed by atoms with Gasteiger partial charge in [0.25, 0.3) is 0 Å². The van der Waals surface area contributed by atoms with Crippen molar-refractivity contribution in [1.29, 1.82) is 0 Å². The number of phenolic OH excluding ortho intramolecular Hbond substituents is 4. The molecular formula is C35H40N2O6. The predicted octanol–water partition coefficient (Wildman–Crippen LogP) is 6.71. The Morgan fingerprint density at radius 1 is 0.605 bits per heavy atom. The molecule has 8 nitrogen and oxygen atoms in total. The maximum absolute atomic E-state index is 11.2. The monoisotopic (exact) mass is 584 g/mol.